The van der Waals surface area contributed by atoms with Gasteiger partial charge in [-0.2, -0.15) is 0 Å². The number of fused-ring (bicyclic) bond motifs is 3. The highest BCUT2D eigenvalue weighted by atomic mass is 16.7. The lowest BCUT2D eigenvalue weighted by molar-refractivity contribution is 0.0492. The summed E-state index contributed by atoms with van der Waals surface area (Å²) >= 11 is 0. The van der Waals surface area contributed by atoms with Gasteiger partial charge in [-0.1, -0.05) is 42.5 Å². The Kier molecular flexibility index (Phi) is 10.9. The number of nitrogens with zero attached hydrogens (tertiary/aromatic N) is 1. The van der Waals surface area contributed by atoms with E-state index in [1.54, 1.807) is 55.2 Å². The van der Waals surface area contributed by atoms with Crippen molar-refractivity contribution in [3.8, 4) is 45.6 Å². The van der Waals surface area contributed by atoms with E-state index >= 15 is 0 Å². The van der Waals surface area contributed by atoms with Crippen molar-refractivity contribution < 1.29 is 47.1 Å². The number of rotatable bonds is 15. The van der Waals surface area contributed by atoms with Crippen LogP contribution in [0.25, 0.3) is 33.0 Å². The largest absolute Gasteiger partial charge is 0.493 e. The molecule has 0 saturated heterocycles. The van der Waals surface area contributed by atoms with Gasteiger partial charge in [-0.15, -0.1) is 0 Å². The molecule has 0 spiro atoms. The smallest absolute Gasteiger partial charge is 0.361 e. The minimum absolute atomic E-state index is 0.0494. The summed E-state index contributed by atoms with van der Waals surface area (Å²) in [5.41, 5.74) is 2.69. The fraction of sp³-hybridized carbons (Fsp3) is 0.250. The van der Waals surface area contributed by atoms with Crippen LogP contribution in [0.3, 0.4) is 0 Å². The molecule has 0 aliphatic carbocycles. The van der Waals surface area contributed by atoms with E-state index in [9.17, 15) is 9.59 Å². The van der Waals surface area contributed by atoms with Crippen LogP contribution in [0.4, 0.5) is 0 Å². The van der Waals surface area contributed by atoms with Gasteiger partial charge >= 0.3 is 11.6 Å². The zero-order chi connectivity index (χ0) is 36.8. The van der Waals surface area contributed by atoms with Crippen LogP contribution in [0.2, 0.25) is 0 Å². The average Bonchev–Trinajstić information content (AvgIpc) is 3.53. The van der Waals surface area contributed by atoms with Crippen LogP contribution < -0.4 is 34.0 Å². The van der Waals surface area contributed by atoms with Gasteiger partial charge in [0.15, 0.2) is 41.3 Å². The second-order valence-corrected chi connectivity index (χ2v) is 11.6. The highest BCUT2D eigenvalue weighted by Crippen LogP contribution is 2.44. The zero-order valence-corrected chi connectivity index (χ0v) is 29.8. The van der Waals surface area contributed by atoms with E-state index in [-0.39, 0.29) is 36.7 Å². The molecule has 270 valence electrons. The predicted octanol–water partition coefficient (Wildman–Crippen LogP) is 7.04. The Morgan fingerprint density at radius 2 is 1.37 bits per heavy atom. The third kappa shape index (κ3) is 6.93. The molecular weight excluding hydrogens is 670 g/mol. The molecule has 0 unspecified atom stereocenters. The van der Waals surface area contributed by atoms with E-state index in [0.717, 1.165) is 11.1 Å². The lowest BCUT2D eigenvalue weighted by Crippen LogP contribution is -2.16. The minimum atomic E-state index is -0.658. The van der Waals surface area contributed by atoms with Crippen molar-refractivity contribution in [3.05, 3.63) is 106 Å². The van der Waals surface area contributed by atoms with Crippen molar-refractivity contribution in [1.29, 1.82) is 0 Å². The summed E-state index contributed by atoms with van der Waals surface area (Å²) in [6, 6.07) is 23.8. The summed E-state index contributed by atoms with van der Waals surface area (Å²) in [7, 11) is 8.99. The maximum absolute atomic E-state index is 14.2. The SMILES string of the molecule is COCOc1cc(-c2c(C(=O)OC)n(CCc3ccc(OC)c(OC)c3)c3c(=O)oc4cc(OCc5ccccc5)c(OC)cc4c23)ccc1OC. The van der Waals surface area contributed by atoms with E-state index in [4.69, 9.17) is 42.3 Å². The predicted molar refractivity (Wildman–Crippen MR) is 194 cm³/mol. The van der Waals surface area contributed by atoms with Gasteiger partial charge in [-0.05, 0) is 53.4 Å². The lowest BCUT2D eigenvalue weighted by atomic mass is 9.99. The van der Waals surface area contributed by atoms with Crippen LogP contribution in [0.1, 0.15) is 21.6 Å². The number of hydrogen-bond acceptors (Lipinski definition) is 11. The second-order valence-electron chi connectivity index (χ2n) is 11.6. The molecule has 52 heavy (non-hydrogen) atoms. The molecule has 2 aromatic heterocycles. The number of ether oxygens (including phenoxy) is 8. The van der Waals surface area contributed by atoms with Gasteiger partial charge in [0.1, 0.15) is 23.4 Å². The number of carbonyl (C=O) groups is 1. The highest BCUT2D eigenvalue weighted by molar-refractivity contribution is 6.18. The van der Waals surface area contributed by atoms with E-state index in [1.165, 1.54) is 28.4 Å². The summed E-state index contributed by atoms with van der Waals surface area (Å²) < 4.78 is 52.4. The zero-order valence-electron chi connectivity index (χ0n) is 29.8. The third-order valence-corrected chi connectivity index (χ3v) is 8.67. The molecule has 0 aliphatic rings. The normalized spacial score (nSPS) is 11.0. The third-order valence-electron chi connectivity index (χ3n) is 8.67. The molecule has 12 nitrogen and oxygen atoms in total. The van der Waals surface area contributed by atoms with Gasteiger partial charge < -0.3 is 46.9 Å². The monoisotopic (exact) mass is 709 g/mol. The lowest BCUT2D eigenvalue weighted by Gasteiger charge is -2.14. The Morgan fingerprint density at radius 3 is 2.06 bits per heavy atom. The Hall–Kier alpha value is -6.14. The molecule has 2 heterocycles. The molecule has 4 aromatic carbocycles. The van der Waals surface area contributed by atoms with Crippen LogP contribution in [0.5, 0.6) is 34.5 Å². The number of hydrogen-bond donors (Lipinski definition) is 0. The van der Waals surface area contributed by atoms with E-state index < -0.39 is 11.6 Å². The van der Waals surface area contributed by atoms with Crippen molar-refractivity contribution in [3.63, 3.8) is 0 Å². The second kappa shape index (κ2) is 15.8. The number of benzene rings is 4. The van der Waals surface area contributed by atoms with Crippen molar-refractivity contribution in [2.24, 2.45) is 0 Å². The molecule has 0 saturated carbocycles. The molecule has 0 fully saturated rings. The van der Waals surface area contributed by atoms with Crippen molar-refractivity contribution in [1.82, 2.24) is 4.57 Å². The molecule has 0 amide bonds. The first-order chi connectivity index (χ1) is 25.3. The maximum Gasteiger partial charge on any atom is 0.361 e. The molecule has 6 aromatic rings. The molecule has 6 rings (SSSR count). The summed E-state index contributed by atoms with van der Waals surface area (Å²) in [6.07, 6.45) is 0.408. The Labute approximate surface area is 299 Å². The fourth-order valence-electron chi connectivity index (χ4n) is 6.23. The van der Waals surface area contributed by atoms with Gasteiger partial charge in [0.05, 0.1) is 35.5 Å². The number of aromatic nitrogens is 1. The highest BCUT2D eigenvalue weighted by Gasteiger charge is 2.30. The molecule has 0 aliphatic heterocycles. The Bertz CT molecular complexity index is 2270. The summed E-state index contributed by atoms with van der Waals surface area (Å²) in [6.45, 7) is 0.410. The van der Waals surface area contributed by atoms with Crippen LogP contribution >= 0.6 is 0 Å². The molecule has 12 heteroatoms. The summed E-state index contributed by atoms with van der Waals surface area (Å²) in [4.78, 5) is 28.0. The van der Waals surface area contributed by atoms with E-state index in [2.05, 4.69) is 0 Å². The van der Waals surface area contributed by atoms with Crippen LogP contribution in [0.15, 0.2) is 88.1 Å². The van der Waals surface area contributed by atoms with Gasteiger partial charge in [-0.25, -0.2) is 9.59 Å². The first kappa shape index (κ1) is 35.7. The van der Waals surface area contributed by atoms with Crippen molar-refractivity contribution in [2.75, 3.05) is 49.5 Å². The topological polar surface area (TPSA) is 126 Å². The molecular formula is C40H39NO11. The van der Waals surface area contributed by atoms with Crippen LogP contribution in [0, 0.1) is 0 Å². The standard InChI is InChI=1S/C40H39NO11/c1-44-23-51-33-19-26(13-15-29(33)46-3)35-36-27-20-32(48-5)34(50-22-25-10-8-7-9-11-25)21-30(27)52-40(43)38(36)41(37(35)39(42)49-6)17-16-24-12-14-28(45-2)31(18-24)47-4/h7-15,18-21H,16-17,22-23H2,1-6H3. The van der Waals surface area contributed by atoms with Gasteiger partial charge in [-0.3, -0.25) is 0 Å². The summed E-state index contributed by atoms with van der Waals surface area (Å²) in [5, 5.41) is 0.966. The van der Waals surface area contributed by atoms with Gasteiger partial charge in [0.25, 0.3) is 0 Å². The number of esters is 1. The van der Waals surface area contributed by atoms with Crippen molar-refractivity contribution in [2.45, 2.75) is 19.6 Å². The molecule has 0 atom stereocenters. The van der Waals surface area contributed by atoms with Crippen LogP contribution in [-0.2, 0) is 29.0 Å². The quantitative estimate of drug-likeness (QED) is 0.0619. The Balaban J connectivity index is 1.62. The Morgan fingerprint density at radius 1 is 0.692 bits per heavy atom. The average molecular weight is 710 g/mol. The van der Waals surface area contributed by atoms with Gasteiger partial charge in [0.2, 0.25) is 0 Å². The maximum atomic E-state index is 14.2. The summed E-state index contributed by atoms with van der Waals surface area (Å²) in [5.74, 6) is 2.07. The number of aryl methyl sites for hydroxylation is 2. The van der Waals surface area contributed by atoms with Crippen molar-refractivity contribution >= 4 is 27.8 Å². The molecule has 0 N–H and O–H groups in total. The first-order valence-corrected chi connectivity index (χ1v) is 16.3. The minimum Gasteiger partial charge on any atom is -0.493 e. The molecule has 0 bridgehead atoms. The number of carbonyl (C=O) groups excluding carboxylic acids is 1. The van der Waals surface area contributed by atoms with Crippen LogP contribution in [-0.4, -0.2) is 60.0 Å². The van der Waals surface area contributed by atoms with E-state index in [0.29, 0.717) is 62.8 Å². The molecule has 0 radical (unpaired) electrons. The van der Waals surface area contributed by atoms with Gasteiger partial charge in [0, 0.05) is 36.1 Å². The fourth-order valence-corrected chi connectivity index (χ4v) is 6.23. The first-order valence-electron chi connectivity index (χ1n) is 16.3. The number of methoxy groups -OCH3 is 6. The van der Waals surface area contributed by atoms with E-state index in [1.807, 2.05) is 42.5 Å².